The normalized spacial score (nSPS) is 14.6. The number of nitrogens with two attached hydrogens (primary N) is 1. The number of aliphatic carboxylic acids is 1. The molecule has 0 aliphatic heterocycles. The second kappa shape index (κ2) is 19.7. The van der Waals surface area contributed by atoms with Gasteiger partial charge in [-0.25, -0.2) is 0 Å². The minimum atomic E-state index is -2.79. The average Bonchev–Trinajstić information content (AvgIpc) is 2.73. The van der Waals surface area contributed by atoms with Crippen LogP contribution in [0.3, 0.4) is 0 Å². The molecule has 30 heavy (non-hydrogen) atoms. The highest BCUT2D eigenvalue weighted by Crippen LogP contribution is 2.02. The number of hydrogen-bond acceptors (Lipinski definition) is 2. The van der Waals surface area contributed by atoms with E-state index in [0.29, 0.717) is 17.7 Å². The molecule has 0 bridgehead atoms. The van der Waals surface area contributed by atoms with Crippen LogP contribution < -0.4 is 5.73 Å². The van der Waals surface area contributed by atoms with Crippen LogP contribution in [-0.2, 0) is 9.59 Å². The van der Waals surface area contributed by atoms with Gasteiger partial charge in [0.05, 0.1) is 0 Å². The number of unbranched alkanes of at least 4 members (excludes halogenated alkanes) is 4. The van der Waals surface area contributed by atoms with Crippen molar-refractivity contribution in [1.29, 1.82) is 0 Å². The molecule has 0 aliphatic carbocycles. The van der Waals surface area contributed by atoms with Gasteiger partial charge in [0.1, 0.15) is 6.54 Å². The molecule has 0 aromatic rings. The Bertz CT molecular complexity index is 711. The van der Waals surface area contributed by atoms with Crippen LogP contribution in [0.1, 0.15) is 75.2 Å². The first-order valence-electron chi connectivity index (χ1n) is 12.1. The molecule has 0 unspecified atom stereocenters. The number of carboxylic acids is 1. The molecular formula is C24H39N3O3. The molecule has 1 amide bonds. The average molecular weight is 421 g/mol. The molecule has 6 nitrogen and oxygen atoms in total. The molecule has 0 atom stereocenters. The summed E-state index contributed by atoms with van der Waals surface area (Å²) in [5, 5.41) is 8.79. The summed E-state index contributed by atoms with van der Waals surface area (Å²) in [7, 11) is 0. The number of amides is 1. The molecule has 0 spiro atoms. The Hall–Kier alpha value is -2.63. The summed E-state index contributed by atoms with van der Waals surface area (Å²) >= 11 is 0. The largest absolute Gasteiger partial charge is 0.480 e. The third-order valence-electron chi connectivity index (χ3n) is 4.03. The monoisotopic (exact) mass is 420 g/mol. The highest BCUT2D eigenvalue weighted by molar-refractivity contribution is 5.93. The van der Waals surface area contributed by atoms with Gasteiger partial charge in [0.15, 0.2) is 5.96 Å². The minimum absolute atomic E-state index is 0.0979. The lowest BCUT2D eigenvalue weighted by atomic mass is 10.2. The third kappa shape index (κ3) is 18.7. The van der Waals surface area contributed by atoms with Crippen LogP contribution >= 0.6 is 0 Å². The molecule has 0 saturated carbocycles. The van der Waals surface area contributed by atoms with E-state index in [-0.39, 0.29) is 6.42 Å². The lowest BCUT2D eigenvalue weighted by Crippen LogP contribution is -2.38. The minimum Gasteiger partial charge on any atom is -0.480 e. The van der Waals surface area contributed by atoms with E-state index in [1.807, 2.05) is 12.2 Å². The summed E-state index contributed by atoms with van der Waals surface area (Å²) in [6.45, 7) is -1.44. The molecule has 0 aromatic heterocycles. The van der Waals surface area contributed by atoms with Crippen molar-refractivity contribution in [2.24, 2.45) is 10.7 Å². The maximum absolute atomic E-state index is 11.9. The topological polar surface area (TPSA) is 96.0 Å². The third-order valence-corrected chi connectivity index (χ3v) is 4.03. The van der Waals surface area contributed by atoms with Gasteiger partial charge >= 0.3 is 5.97 Å². The predicted molar refractivity (Wildman–Crippen MR) is 125 cm³/mol. The van der Waals surface area contributed by atoms with Crippen molar-refractivity contribution >= 4 is 17.8 Å². The fourth-order valence-electron chi connectivity index (χ4n) is 2.39. The van der Waals surface area contributed by atoms with E-state index in [4.69, 9.17) is 15.0 Å². The highest BCUT2D eigenvalue weighted by atomic mass is 16.4. The number of likely N-dealkylation sites (N-methyl/N-ethyl adjacent to an activating group) is 1. The van der Waals surface area contributed by atoms with Crippen molar-refractivity contribution in [1.82, 2.24) is 4.90 Å². The molecule has 6 heteroatoms. The van der Waals surface area contributed by atoms with Crippen LogP contribution in [0.4, 0.5) is 0 Å². The predicted octanol–water partition coefficient (Wildman–Crippen LogP) is 4.99. The number of nitrogens with zero attached hydrogens (tertiary/aromatic N) is 2. The van der Waals surface area contributed by atoms with E-state index < -0.39 is 31.4 Å². The first kappa shape index (κ1) is 22.1. The Balaban J connectivity index is 4.04. The SMILES string of the molecule is [2H]C([2H])([2H])N(CC(=O)O)C(N)=NC(=O)CCC/C=C\C/C=C\C/C=C\C/C=C\CCCCC. The van der Waals surface area contributed by atoms with E-state index in [1.165, 1.54) is 25.7 Å². The summed E-state index contributed by atoms with van der Waals surface area (Å²) in [4.78, 5) is 26.6. The first-order chi connectivity index (χ1) is 15.7. The summed E-state index contributed by atoms with van der Waals surface area (Å²) in [6, 6.07) is 0. The first-order valence-corrected chi connectivity index (χ1v) is 10.6. The molecule has 0 radical (unpaired) electrons. The second-order valence-electron chi connectivity index (χ2n) is 6.82. The molecular weight excluding hydrogens is 378 g/mol. The quantitative estimate of drug-likeness (QED) is 0.159. The highest BCUT2D eigenvalue weighted by Gasteiger charge is 2.08. The number of carboxylic acid groups (broad SMARTS) is 1. The zero-order valence-electron chi connectivity index (χ0n) is 21.1. The number of allylic oxidation sites excluding steroid dienone is 8. The summed E-state index contributed by atoms with van der Waals surface area (Å²) in [6.07, 6.45) is 26.0. The maximum Gasteiger partial charge on any atom is 0.323 e. The smallest absolute Gasteiger partial charge is 0.323 e. The standard InChI is InChI=1S/C24H39N3O3/c1-3-4-5-6-7-8-9-10-11-12-13-14-15-16-17-18-19-20-22(28)26-24(25)27(2)21-23(29)30/h7-8,10-11,13-14,16-17H,3-6,9,12,15,18-21H2,1-2H3,(H,29,30)(H2,25,26,28)/b8-7-,11-10-,14-13-,17-16-/i2D3. The zero-order valence-corrected chi connectivity index (χ0v) is 18.1. The van der Waals surface area contributed by atoms with Crippen molar-refractivity contribution in [2.75, 3.05) is 13.5 Å². The Morgan fingerprint density at radius 3 is 1.97 bits per heavy atom. The van der Waals surface area contributed by atoms with E-state index in [9.17, 15) is 9.59 Å². The summed E-state index contributed by atoms with van der Waals surface area (Å²) in [5.41, 5.74) is 5.52. The maximum atomic E-state index is 11.9. The van der Waals surface area contributed by atoms with Gasteiger partial charge in [-0.05, 0) is 44.9 Å². The van der Waals surface area contributed by atoms with Crippen molar-refractivity contribution in [2.45, 2.75) is 71.1 Å². The van der Waals surface area contributed by atoms with Crippen LogP contribution in [0.5, 0.6) is 0 Å². The Morgan fingerprint density at radius 2 is 1.47 bits per heavy atom. The van der Waals surface area contributed by atoms with Crippen LogP contribution in [0.25, 0.3) is 0 Å². The Labute approximate surface area is 186 Å². The molecule has 3 N–H and O–H groups in total. The van der Waals surface area contributed by atoms with E-state index >= 15 is 0 Å². The van der Waals surface area contributed by atoms with E-state index in [0.717, 1.165) is 19.3 Å². The van der Waals surface area contributed by atoms with Crippen molar-refractivity contribution in [3.63, 3.8) is 0 Å². The van der Waals surface area contributed by atoms with Crippen molar-refractivity contribution < 1.29 is 18.8 Å². The number of carbonyl (C=O) groups excluding carboxylic acids is 1. The van der Waals surface area contributed by atoms with Crippen LogP contribution in [0, 0.1) is 0 Å². The lowest BCUT2D eigenvalue weighted by molar-refractivity contribution is -0.137. The Morgan fingerprint density at radius 1 is 0.933 bits per heavy atom. The van der Waals surface area contributed by atoms with Crippen molar-refractivity contribution in [3.8, 4) is 0 Å². The van der Waals surface area contributed by atoms with Crippen LogP contribution in [0.15, 0.2) is 53.6 Å². The van der Waals surface area contributed by atoms with Gasteiger partial charge in [0.25, 0.3) is 0 Å². The molecule has 0 saturated heterocycles. The molecule has 0 aliphatic rings. The van der Waals surface area contributed by atoms with Gasteiger partial charge in [-0.2, -0.15) is 4.99 Å². The van der Waals surface area contributed by atoms with Crippen LogP contribution in [-0.4, -0.2) is 41.4 Å². The molecule has 0 rings (SSSR count). The molecule has 0 aromatic carbocycles. The molecule has 0 heterocycles. The van der Waals surface area contributed by atoms with Gasteiger partial charge in [0, 0.05) is 17.5 Å². The van der Waals surface area contributed by atoms with Gasteiger partial charge < -0.3 is 15.7 Å². The van der Waals surface area contributed by atoms with E-state index in [2.05, 4.69) is 48.4 Å². The number of guanidine groups is 1. The number of carbonyl (C=O) groups is 2. The van der Waals surface area contributed by atoms with Crippen LogP contribution in [0.2, 0.25) is 0 Å². The van der Waals surface area contributed by atoms with Gasteiger partial charge in [-0.3, -0.25) is 9.59 Å². The van der Waals surface area contributed by atoms with Crippen molar-refractivity contribution in [3.05, 3.63) is 48.6 Å². The number of aliphatic imine (C=N–C) groups is 1. The fraction of sp³-hybridized carbons (Fsp3) is 0.542. The van der Waals surface area contributed by atoms with E-state index in [1.54, 1.807) is 0 Å². The number of rotatable bonds is 16. The zero-order chi connectivity index (χ0) is 25.0. The Kier molecular flexibility index (Phi) is 14.5. The van der Waals surface area contributed by atoms with Gasteiger partial charge in [-0.15, -0.1) is 0 Å². The fourth-order valence-corrected chi connectivity index (χ4v) is 2.39. The summed E-state index contributed by atoms with van der Waals surface area (Å²) in [5.74, 6) is -2.57. The van der Waals surface area contributed by atoms with Gasteiger partial charge in [0.2, 0.25) is 5.91 Å². The van der Waals surface area contributed by atoms with Gasteiger partial charge in [-0.1, -0.05) is 68.4 Å². The molecule has 0 fully saturated rings. The molecule has 168 valence electrons. The second-order valence-corrected chi connectivity index (χ2v) is 6.82. The summed E-state index contributed by atoms with van der Waals surface area (Å²) < 4.78 is 21.9. The lowest BCUT2D eigenvalue weighted by Gasteiger charge is -2.14. The number of hydrogen-bond donors (Lipinski definition) is 2.